The number of hydrogen-bond acceptors (Lipinski definition) is 0. The fraction of sp³-hybridized carbons (Fsp3) is 0. The standard InChI is InChI=1S/C10H5Br/c1-2-9-3-5-10(6-4-9)7-8-11/h1,3-6H. The van der Waals surface area contributed by atoms with E-state index in [0.717, 1.165) is 11.1 Å². The van der Waals surface area contributed by atoms with Crippen LogP contribution in [0.4, 0.5) is 0 Å². The number of rotatable bonds is 0. The second-order valence-corrected chi connectivity index (χ2v) is 2.34. The van der Waals surface area contributed by atoms with Crippen LogP contribution in [0.5, 0.6) is 0 Å². The summed E-state index contributed by atoms with van der Waals surface area (Å²) in [5.41, 5.74) is 1.84. The summed E-state index contributed by atoms with van der Waals surface area (Å²) >= 11 is 3.02. The predicted octanol–water partition coefficient (Wildman–Crippen LogP) is 2.37. The zero-order chi connectivity index (χ0) is 8.10. The van der Waals surface area contributed by atoms with Crippen molar-refractivity contribution in [3.63, 3.8) is 0 Å². The minimum Gasteiger partial charge on any atom is -0.115 e. The summed E-state index contributed by atoms with van der Waals surface area (Å²) in [5.74, 6) is 5.39. The Hall–Kier alpha value is -1.18. The van der Waals surface area contributed by atoms with Gasteiger partial charge in [-0.1, -0.05) is 11.8 Å². The molecule has 0 bridgehead atoms. The monoisotopic (exact) mass is 204 g/mol. The van der Waals surface area contributed by atoms with Crippen LogP contribution in [-0.2, 0) is 0 Å². The van der Waals surface area contributed by atoms with Crippen molar-refractivity contribution in [3.8, 4) is 23.1 Å². The SMILES string of the molecule is C#Cc1ccc(C#CBr)cc1. The number of hydrogen-bond donors (Lipinski definition) is 0. The number of terminal acetylenes is 1. The highest BCUT2D eigenvalue weighted by Gasteiger charge is 1.86. The Morgan fingerprint density at radius 2 is 1.64 bits per heavy atom. The van der Waals surface area contributed by atoms with Crippen LogP contribution < -0.4 is 0 Å². The lowest BCUT2D eigenvalue weighted by atomic mass is 10.1. The van der Waals surface area contributed by atoms with Crippen molar-refractivity contribution < 1.29 is 0 Å². The summed E-state index contributed by atoms with van der Waals surface area (Å²) in [6.07, 6.45) is 5.18. The number of benzene rings is 1. The van der Waals surface area contributed by atoms with Crippen LogP contribution in [0.3, 0.4) is 0 Å². The fourth-order valence-corrected chi connectivity index (χ4v) is 0.933. The first kappa shape index (κ1) is 7.92. The molecule has 0 unspecified atom stereocenters. The molecular formula is C10H5Br. The molecule has 0 nitrogen and oxygen atoms in total. The van der Waals surface area contributed by atoms with Crippen molar-refractivity contribution in [3.05, 3.63) is 35.4 Å². The zero-order valence-corrected chi connectivity index (χ0v) is 7.35. The van der Waals surface area contributed by atoms with Gasteiger partial charge in [0, 0.05) is 27.1 Å². The van der Waals surface area contributed by atoms with Crippen LogP contribution in [0.15, 0.2) is 24.3 Å². The third kappa shape index (κ3) is 2.15. The smallest absolute Gasteiger partial charge is 0.0255 e. The van der Waals surface area contributed by atoms with Gasteiger partial charge < -0.3 is 0 Å². The lowest BCUT2D eigenvalue weighted by Gasteiger charge is -1.89. The van der Waals surface area contributed by atoms with E-state index in [9.17, 15) is 0 Å². The minimum atomic E-state index is 0.880. The first-order valence-electron chi connectivity index (χ1n) is 3.05. The van der Waals surface area contributed by atoms with Crippen molar-refractivity contribution in [1.29, 1.82) is 0 Å². The predicted molar refractivity (Wildman–Crippen MR) is 50.2 cm³/mol. The van der Waals surface area contributed by atoms with Gasteiger partial charge in [0.25, 0.3) is 0 Å². The second kappa shape index (κ2) is 3.86. The first-order valence-corrected chi connectivity index (χ1v) is 3.84. The van der Waals surface area contributed by atoms with Gasteiger partial charge in [0.05, 0.1) is 0 Å². The highest BCUT2D eigenvalue weighted by Crippen LogP contribution is 2.01. The maximum absolute atomic E-state index is 5.18. The van der Waals surface area contributed by atoms with E-state index in [4.69, 9.17) is 6.42 Å². The van der Waals surface area contributed by atoms with E-state index in [1.165, 1.54) is 0 Å². The molecule has 0 fully saturated rings. The molecule has 0 aliphatic heterocycles. The van der Waals surface area contributed by atoms with Crippen molar-refractivity contribution >= 4 is 15.9 Å². The molecule has 11 heavy (non-hydrogen) atoms. The summed E-state index contributed by atoms with van der Waals surface area (Å²) in [4.78, 5) is 2.63. The van der Waals surface area contributed by atoms with E-state index in [0.29, 0.717) is 0 Å². The lowest BCUT2D eigenvalue weighted by Crippen LogP contribution is -1.74. The van der Waals surface area contributed by atoms with E-state index >= 15 is 0 Å². The third-order valence-electron chi connectivity index (χ3n) is 1.24. The molecule has 1 rings (SSSR count). The van der Waals surface area contributed by atoms with Crippen LogP contribution >= 0.6 is 15.9 Å². The molecule has 0 heterocycles. The second-order valence-electron chi connectivity index (χ2n) is 1.94. The van der Waals surface area contributed by atoms with Gasteiger partial charge in [-0.15, -0.1) is 6.42 Å². The third-order valence-corrected chi connectivity index (χ3v) is 1.44. The average Bonchev–Trinajstić information content (AvgIpc) is 2.07. The Morgan fingerprint density at radius 1 is 1.09 bits per heavy atom. The maximum atomic E-state index is 5.18. The Labute approximate surface area is 74.8 Å². The van der Waals surface area contributed by atoms with E-state index < -0.39 is 0 Å². The maximum Gasteiger partial charge on any atom is 0.0255 e. The molecule has 52 valence electrons. The zero-order valence-electron chi connectivity index (χ0n) is 5.76. The molecule has 0 saturated carbocycles. The van der Waals surface area contributed by atoms with Gasteiger partial charge in [0.1, 0.15) is 0 Å². The van der Waals surface area contributed by atoms with Crippen LogP contribution in [0.2, 0.25) is 0 Å². The summed E-state index contributed by atoms with van der Waals surface area (Å²) in [6.45, 7) is 0. The molecule has 0 spiro atoms. The highest BCUT2D eigenvalue weighted by atomic mass is 79.9. The van der Waals surface area contributed by atoms with E-state index in [1.54, 1.807) is 0 Å². The Kier molecular flexibility index (Phi) is 2.78. The molecule has 1 aromatic rings. The minimum absolute atomic E-state index is 0.880. The molecule has 0 radical (unpaired) electrons. The van der Waals surface area contributed by atoms with Gasteiger partial charge in [0.2, 0.25) is 0 Å². The summed E-state index contributed by atoms with van der Waals surface area (Å²) in [6, 6.07) is 7.52. The van der Waals surface area contributed by atoms with Gasteiger partial charge in [-0.25, -0.2) is 0 Å². The van der Waals surface area contributed by atoms with Gasteiger partial charge in [0.15, 0.2) is 0 Å². The molecule has 0 aliphatic carbocycles. The van der Waals surface area contributed by atoms with E-state index in [2.05, 4.69) is 32.6 Å². The summed E-state index contributed by atoms with van der Waals surface area (Å²) in [5, 5.41) is 0. The van der Waals surface area contributed by atoms with Crippen molar-refractivity contribution in [2.45, 2.75) is 0 Å². The topological polar surface area (TPSA) is 0 Å². The van der Waals surface area contributed by atoms with Gasteiger partial charge in [-0.3, -0.25) is 0 Å². The molecule has 0 N–H and O–H groups in total. The molecule has 0 saturated heterocycles. The normalized spacial score (nSPS) is 7.64. The van der Waals surface area contributed by atoms with E-state index in [-0.39, 0.29) is 0 Å². The molecular weight excluding hydrogens is 200 g/mol. The Morgan fingerprint density at radius 3 is 2.09 bits per heavy atom. The van der Waals surface area contributed by atoms with E-state index in [1.807, 2.05) is 24.3 Å². The molecule has 0 amide bonds. The quantitative estimate of drug-likeness (QED) is 0.570. The molecule has 0 aliphatic rings. The highest BCUT2D eigenvalue weighted by molar-refractivity contribution is 9.12. The van der Waals surface area contributed by atoms with Crippen LogP contribution in [0.1, 0.15) is 11.1 Å². The van der Waals surface area contributed by atoms with Gasteiger partial charge in [-0.05, 0) is 29.1 Å². The Bertz CT molecular complexity index is 330. The summed E-state index contributed by atoms with van der Waals surface area (Å²) in [7, 11) is 0. The molecule has 0 atom stereocenters. The molecule has 1 aromatic carbocycles. The number of halogens is 1. The fourth-order valence-electron chi connectivity index (χ4n) is 0.704. The van der Waals surface area contributed by atoms with Crippen LogP contribution in [0.25, 0.3) is 0 Å². The van der Waals surface area contributed by atoms with Gasteiger partial charge in [-0.2, -0.15) is 0 Å². The van der Waals surface area contributed by atoms with Gasteiger partial charge >= 0.3 is 0 Å². The van der Waals surface area contributed by atoms with Crippen LogP contribution in [0, 0.1) is 23.1 Å². The van der Waals surface area contributed by atoms with Crippen molar-refractivity contribution in [2.24, 2.45) is 0 Å². The Balaban J connectivity index is 3.00. The first-order chi connectivity index (χ1) is 5.36. The lowest BCUT2D eigenvalue weighted by molar-refractivity contribution is 1.61. The average molecular weight is 205 g/mol. The largest absolute Gasteiger partial charge is 0.115 e. The van der Waals surface area contributed by atoms with Crippen molar-refractivity contribution in [2.75, 3.05) is 0 Å². The van der Waals surface area contributed by atoms with Crippen LogP contribution in [-0.4, -0.2) is 0 Å². The van der Waals surface area contributed by atoms with Crippen molar-refractivity contribution in [1.82, 2.24) is 0 Å². The summed E-state index contributed by atoms with van der Waals surface area (Å²) < 4.78 is 0. The molecule has 1 heteroatoms. The molecule has 0 aromatic heterocycles.